The van der Waals surface area contributed by atoms with E-state index in [0.29, 0.717) is 5.01 Å². The van der Waals surface area contributed by atoms with Crippen molar-refractivity contribution in [2.45, 2.75) is 11.8 Å². The molecule has 0 radical (unpaired) electrons. The minimum Gasteiger partial charge on any atom is -0.744 e. The van der Waals surface area contributed by atoms with Crippen molar-refractivity contribution in [1.82, 2.24) is 10.2 Å². The van der Waals surface area contributed by atoms with Gasteiger partial charge in [-0.1, -0.05) is 23.5 Å². The molecule has 0 aliphatic heterocycles. The van der Waals surface area contributed by atoms with Crippen LogP contribution >= 0.6 is 11.3 Å². The molecular weight excluding hydrogens is 271 g/mol. The average Bonchev–Trinajstić information content (AvgIpc) is 2.64. The fraction of sp³-hybridized carbons (Fsp3) is 0.111. The van der Waals surface area contributed by atoms with E-state index in [0.717, 1.165) is 10.6 Å². The normalized spacial score (nSPS) is 10.9. The summed E-state index contributed by atoms with van der Waals surface area (Å²) in [5.41, 5.74) is 0.748. The van der Waals surface area contributed by atoms with Crippen LogP contribution in [0.1, 0.15) is 5.01 Å². The number of aryl methyl sites for hydroxylation is 1. The molecule has 0 aliphatic carbocycles. The van der Waals surface area contributed by atoms with E-state index in [1.54, 1.807) is 12.1 Å². The summed E-state index contributed by atoms with van der Waals surface area (Å²) in [5, 5.41) is 9.30. The van der Waals surface area contributed by atoms with Crippen LogP contribution in [0.4, 0.5) is 0 Å². The Morgan fingerprint density at radius 2 is 1.76 bits per heavy atom. The van der Waals surface area contributed by atoms with Gasteiger partial charge < -0.3 is 4.55 Å². The maximum absolute atomic E-state index is 10.7. The molecule has 17 heavy (non-hydrogen) atoms. The molecule has 8 heteroatoms. The van der Waals surface area contributed by atoms with E-state index in [4.69, 9.17) is 0 Å². The van der Waals surface area contributed by atoms with Gasteiger partial charge in [-0.05, 0) is 19.1 Å². The van der Waals surface area contributed by atoms with Crippen molar-refractivity contribution in [3.8, 4) is 10.6 Å². The first-order chi connectivity index (χ1) is 7.47. The van der Waals surface area contributed by atoms with Gasteiger partial charge in [-0.25, -0.2) is 8.42 Å². The van der Waals surface area contributed by atoms with Gasteiger partial charge in [0.15, 0.2) is 0 Å². The molecule has 2 rings (SSSR count). The SMILES string of the molecule is Cc1nnc(-c2ccc(S(=O)(=O)[O-])cc2)s1.[Na+]. The summed E-state index contributed by atoms with van der Waals surface area (Å²) in [6, 6.07) is 5.64. The number of hydrogen-bond acceptors (Lipinski definition) is 6. The van der Waals surface area contributed by atoms with Gasteiger partial charge in [0.1, 0.15) is 20.1 Å². The summed E-state index contributed by atoms with van der Waals surface area (Å²) >= 11 is 1.40. The van der Waals surface area contributed by atoms with Crippen molar-refractivity contribution in [2.75, 3.05) is 0 Å². The van der Waals surface area contributed by atoms with Gasteiger partial charge in [0.05, 0.1) is 4.90 Å². The quantitative estimate of drug-likeness (QED) is 0.489. The summed E-state index contributed by atoms with van der Waals surface area (Å²) < 4.78 is 32.1. The van der Waals surface area contributed by atoms with Crippen LogP contribution in [0.3, 0.4) is 0 Å². The standard InChI is InChI=1S/C9H8N2O3S2.Na/c1-6-10-11-9(15-6)7-2-4-8(5-3-7)16(12,13)14;/h2-5H,1H3,(H,12,13,14);/q;+1/p-1. The zero-order valence-electron chi connectivity index (χ0n) is 9.25. The Balaban J connectivity index is 0.00000144. The average molecular weight is 278 g/mol. The summed E-state index contributed by atoms with van der Waals surface area (Å²) in [4.78, 5) is -0.238. The van der Waals surface area contributed by atoms with E-state index in [1.807, 2.05) is 6.92 Å². The second-order valence-electron chi connectivity index (χ2n) is 3.10. The van der Waals surface area contributed by atoms with Gasteiger partial charge in [-0.15, -0.1) is 10.2 Å². The number of aromatic nitrogens is 2. The van der Waals surface area contributed by atoms with Crippen LogP contribution in [-0.2, 0) is 10.1 Å². The maximum Gasteiger partial charge on any atom is 1.00 e. The van der Waals surface area contributed by atoms with Crippen molar-refractivity contribution in [3.05, 3.63) is 29.3 Å². The first-order valence-corrected chi connectivity index (χ1v) is 6.56. The maximum atomic E-state index is 10.7. The van der Waals surface area contributed by atoms with Gasteiger partial charge in [0.25, 0.3) is 0 Å². The molecule has 0 N–H and O–H groups in total. The summed E-state index contributed by atoms with van der Waals surface area (Å²) in [6.07, 6.45) is 0. The molecule has 2 aromatic rings. The Kier molecular flexibility index (Phi) is 4.82. The molecule has 1 aromatic carbocycles. The van der Waals surface area contributed by atoms with Gasteiger partial charge >= 0.3 is 29.6 Å². The third-order valence-electron chi connectivity index (χ3n) is 1.92. The molecule has 0 spiro atoms. The number of hydrogen-bond donors (Lipinski definition) is 0. The van der Waals surface area contributed by atoms with Gasteiger partial charge in [0.2, 0.25) is 0 Å². The van der Waals surface area contributed by atoms with E-state index >= 15 is 0 Å². The Morgan fingerprint density at radius 1 is 1.18 bits per heavy atom. The van der Waals surface area contributed by atoms with E-state index in [1.165, 1.54) is 23.5 Å². The third-order valence-corrected chi connectivity index (χ3v) is 3.65. The molecule has 0 fully saturated rings. The molecule has 84 valence electrons. The van der Waals surface area contributed by atoms with Crippen LogP contribution in [0, 0.1) is 6.92 Å². The summed E-state index contributed by atoms with van der Waals surface area (Å²) in [6.45, 7) is 1.83. The minimum atomic E-state index is -4.38. The molecule has 0 saturated heterocycles. The second kappa shape index (κ2) is 5.55. The second-order valence-corrected chi connectivity index (χ2v) is 5.67. The zero-order chi connectivity index (χ0) is 11.8. The topological polar surface area (TPSA) is 83.0 Å². The Labute approximate surface area is 125 Å². The fourth-order valence-corrected chi connectivity index (χ4v) is 2.34. The zero-order valence-corrected chi connectivity index (χ0v) is 12.9. The van der Waals surface area contributed by atoms with Crippen molar-refractivity contribution in [2.24, 2.45) is 0 Å². The summed E-state index contributed by atoms with van der Waals surface area (Å²) in [5.74, 6) is 0. The van der Waals surface area contributed by atoms with E-state index in [2.05, 4.69) is 10.2 Å². The van der Waals surface area contributed by atoms with E-state index in [9.17, 15) is 13.0 Å². The third kappa shape index (κ3) is 3.57. The van der Waals surface area contributed by atoms with Gasteiger partial charge in [-0.3, -0.25) is 0 Å². The summed E-state index contributed by atoms with van der Waals surface area (Å²) in [7, 11) is -4.38. The van der Waals surface area contributed by atoms with E-state index < -0.39 is 10.1 Å². The monoisotopic (exact) mass is 278 g/mol. The molecule has 0 saturated carbocycles. The predicted molar refractivity (Wildman–Crippen MR) is 58.0 cm³/mol. The largest absolute Gasteiger partial charge is 1.00 e. The van der Waals surface area contributed by atoms with E-state index in [-0.39, 0.29) is 34.5 Å². The van der Waals surface area contributed by atoms with Crippen LogP contribution in [-0.4, -0.2) is 23.2 Å². The first kappa shape index (κ1) is 14.7. The minimum absolute atomic E-state index is 0. The van der Waals surface area contributed by atoms with Crippen LogP contribution in [0.5, 0.6) is 0 Å². The van der Waals surface area contributed by atoms with Crippen molar-refractivity contribution in [3.63, 3.8) is 0 Å². The fourth-order valence-electron chi connectivity index (χ4n) is 1.18. The number of rotatable bonds is 2. The van der Waals surface area contributed by atoms with Crippen LogP contribution in [0.15, 0.2) is 29.2 Å². The molecular formula is C9H7N2NaO3S2. The smallest absolute Gasteiger partial charge is 0.744 e. The van der Waals surface area contributed by atoms with Crippen molar-refractivity contribution in [1.29, 1.82) is 0 Å². The molecule has 5 nitrogen and oxygen atoms in total. The van der Waals surface area contributed by atoms with Crippen LogP contribution < -0.4 is 29.6 Å². The van der Waals surface area contributed by atoms with Gasteiger partial charge in [0, 0.05) is 5.56 Å². The van der Waals surface area contributed by atoms with Crippen molar-refractivity contribution < 1.29 is 42.5 Å². The Bertz CT molecular complexity index is 607. The molecule has 1 heterocycles. The molecule has 1 aromatic heterocycles. The Morgan fingerprint density at radius 3 is 2.18 bits per heavy atom. The number of benzene rings is 1. The molecule has 0 amide bonds. The van der Waals surface area contributed by atoms with Gasteiger partial charge in [-0.2, -0.15) is 0 Å². The molecule has 0 bridgehead atoms. The Hall–Kier alpha value is -0.310. The first-order valence-electron chi connectivity index (χ1n) is 4.33. The molecule has 0 unspecified atom stereocenters. The predicted octanol–water partition coefficient (Wildman–Crippen LogP) is -1.58. The number of nitrogens with zero attached hydrogens (tertiary/aromatic N) is 2. The molecule has 0 aliphatic rings. The van der Waals surface area contributed by atoms with Crippen molar-refractivity contribution >= 4 is 21.5 Å². The van der Waals surface area contributed by atoms with Crippen LogP contribution in [0.2, 0.25) is 0 Å². The van der Waals surface area contributed by atoms with Crippen LogP contribution in [0.25, 0.3) is 10.6 Å². The molecule has 0 atom stereocenters.